The van der Waals surface area contributed by atoms with E-state index in [4.69, 9.17) is 0 Å². The summed E-state index contributed by atoms with van der Waals surface area (Å²) < 4.78 is 1.00. The fraction of sp³-hybridized carbons (Fsp3) is 0.105. The average molecular weight is 384 g/mol. The van der Waals surface area contributed by atoms with Crippen LogP contribution >= 0.6 is 22.6 Å². The number of hydrogen-bond acceptors (Lipinski definition) is 1. The quantitative estimate of drug-likeness (QED) is 0.459. The van der Waals surface area contributed by atoms with E-state index in [1.807, 2.05) is 30.3 Å². The largest absolute Gasteiger partial charge is 0.289 e. The van der Waals surface area contributed by atoms with Gasteiger partial charge in [0.25, 0.3) is 0 Å². The van der Waals surface area contributed by atoms with Crippen LogP contribution < -0.4 is 0 Å². The molecule has 0 bridgehead atoms. The molecule has 0 unspecified atom stereocenters. The Labute approximate surface area is 137 Å². The van der Waals surface area contributed by atoms with Gasteiger partial charge < -0.3 is 0 Å². The Morgan fingerprint density at radius 3 is 2.38 bits per heavy atom. The second kappa shape index (κ2) is 4.95. The molecule has 2 heteroatoms. The van der Waals surface area contributed by atoms with Gasteiger partial charge in [-0.3, -0.25) is 4.79 Å². The van der Waals surface area contributed by atoms with Crippen LogP contribution in [0.15, 0.2) is 54.6 Å². The van der Waals surface area contributed by atoms with E-state index in [1.165, 1.54) is 16.5 Å². The molecule has 0 heterocycles. The van der Waals surface area contributed by atoms with E-state index in [2.05, 4.69) is 46.9 Å². The highest BCUT2D eigenvalue weighted by Gasteiger charge is 2.20. The number of benzene rings is 3. The van der Waals surface area contributed by atoms with Crippen LogP contribution in [0.4, 0.5) is 0 Å². The Morgan fingerprint density at radius 2 is 1.57 bits per heavy atom. The van der Waals surface area contributed by atoms with Gasteiger partial charge in [-0.2, -0.15) is 0 Å². The Balaban J connectivity index is 1.97. The summed E-state index contributed by atoms with van der Waals surface area (Å²) in [5.74, 6) is 0.121. The standard InChI is InChI=1S/C19H13IO/c20-17-7-2-1-5-16(17)19(21)15-11-10-13-9-8-12-4-3-6-14(15)18(12)13/h1-7,10-11H,8-9H2. The van der Waals surface area contributed by atoms with Crippen molar-refractivity contribution in [2.75, 3.05) is 0 Å². The van der Waals surface area contributed by atoms with E-state index in [1.54, 1.807) is 0 Å². The number of ketones is 1. The number of rotatable bonds is 2. The van der Waals surface area contributed by atoms with Crippen molar-refractivity contribution >= 4 is 39.1 Å². The van der Waals surface area contributed by atoms with E-state index in [-0.39, 0.29) is 5.78 Å². The number of aryl methyl sites for hydroxylation is 2. The Bertz CT molecular complexity index is 870. The number of halogens is 1. The molecule has 0 aromatic heterocycles. The molecule has 0 spiro atoms. The van der Waals surface area contributed by atoms with Gasteiger partial charge in [0.05, 0.1) is 0 Å². The molecule has 0 radical (unpaired) electrons. The lowest BCUT2D eigenvalue weighted by molar-refractivity contribution is 0.103. The molecule has 3 aromatic rings. The zero-order chi connectivity index (χ0) is 14.4. The smallest absolute Gasteiger partial charge is 0.194 e. The van der Waals surface area contributed by atoms with Gasteiger partial charge in [0.2, 0.25) is 0 Å². The van der Waals surface area contributed by atoms with Crippen LogP contribution in [0.1, 0.15) is 27.0 Å². The molecule has 1 aliphatic rings. The van der Waals surface area contributed by atoms with Crippen molar-refractivity contribution in [3.8, 4) is 0 Å². The molecule has 21 heavy (non-hydrogen) atoms. The Hall–Kier alpha value is -1.68. The molecule has 0 atom stereocenters. The predicted octanol–water partition coefficient (Wildman–Crippen LogP) is 4.77. The highest BCUT2D eigenvalue weighted by Crippen LogP contribution is 2.33. The Kier molecular flexibility index (Phi) is 3.07. The number of carbonyl (C=O) groups is 1. The van der Waals surface area contributed by atoms with Crippen LogP contribution in [0, 0.1) is 3.57 Å². The van der Waals surface area contributed by atoms with E-state index >= 15 is 0 Å². The molecule has 0 saturated carbocycles. The van der Waals surface area contributed by atoms with Crippen LogP contribution in [0.2, 0.25) is 0 Å². The van der Waals surface area contributed by atoms with Crippen molar-refractivity contribution in [1.29, 1.82) is 0 Å². The highest BCUT2D eigenvalue weighted by molar-refractivity contribution is 14.1. The first-order valence-corrected chi connectivity index (χ1v) is 8.16. The minimum absolute atomic E-state index is 0.121. The minimum Gasteiger partial charge on any atom is -0.289 e. The maximum atomic E-state index is 12.9. The fourth-order valence-corrected chi connectivity index (χ4v) is 3.87. The van der Waals surface area contributed by atoms with Gasteiger partial charge in [-0.05, 0) is 69.5 Å². The third kappa shape index (κ3) is 2.01. The summed E-state index contributed by atoms with van der Waals surface area (Å²) in [6.45, 7) is 0. The second-order valence-electron chi connectivity index (χ2n) is 5.42. The fourth-order valence-electron chi connectivity index (χ4n) is 3.24. The predicted molar refractivity (Wildman–Crippen MR) is 93.9 cm³/mol. The summed E-state index contributed by atoms with van der Waals surface area (Å²) in [6.07, 6.45) is 2.18. The lowest BCUT2D eigenvalue weighted by Crippen LogP contribution is -2.04. The molecule has 0 amide bonds. The third-order valence-corrected chi connectivity index (χ3v) is 5.18. The summed E-state index contributed by atoms with van der Waals surface area (Å²) in [5.41, 5.74) is 4.36. The first kappa shape index (κ1) is 13.0. The van der Waals surface area contributed by atoms with Crippen LogP contribution in [-0.2, 0) is 12.8 Å². The van der Waals surface area contributed by atoms with Crippen molar-refractivity contribution in [2.45, 2.75) is 12.8 Å². The molecule has 0 saturated heterocycles. The number of hydrogen-bond donors (Lipinski definition) is 0. The molecule has 0 aliphatic heterocycles. The molecule has 4 rings (SSSR count). The summed E-state index contributed by atoms with van der Waals surface area (Å²) in [7, 11) is 0. The molecule has 102 valence electrons. The van der Waals surface area contributed by atoms with Crippen LogP contribution in [-0.4, -0.2) is 5.78 Å². The van der Waals surface area contributed by atoms with Crippen LogP contribution in [0.3, 0.4) is 0 Å². The van der Waals surface area contributed by atoms with Crippen LogP contribution in [0.25, 0.3) is 10.8 Å². The lowest BCUT2D eigenvalue weighted by atomic mass is 9.95. The van der Waals surface area contributed by atoms with E-state index in [9.17, 15) is 4.79 Å². The first-order valence-electron chi connectivity index (χ1n) is 7.08. The van der Waals surface area contributed by atoms with Gasteiger partial charge in [-0.15, -0.1) is 0 Å². The monoisotopic (exact) mass is 384 g/mol. The van der Waals surface area contributed by atoms with Crippen molar-refractivity contribution in [2.24, 2.45) is 0 Å². The lowest BCUT2D eigenvalue weighted by Gasteiger charge is -2.09. The van der Waals surface area contributed by atoms with Gasteiger partial charge in [-0.1, -0.05) is 42.5 Å². The molecule has 1 nitrogen and oxygen atoms in total. The first-order chi connectivity index (χ1) is 10.3. The van der Waals surface area contributed by atoms with Crippen molar-refractivity contribution < 1.29 is 4.79 Å². The number of carbonyl (C=O) groups excluding carboxylic acids is 1. The van der Waals surface area contributed by atoms with Gasteiger partial charge in [0.1, 0.15) is 0 Å². The molecule has 0 fully saturated rings. The topological polar surface area (TPSA) is 17.1 Å². The van der Waals surface area contributed by atoms with Crippen molar-refractivity contribution in [3.05, 3.63) is 80.4 Å². The van der Waals surface area contributed by atoms with Crippen LogP contribution in [0.5, 0.6) is 0 Å². The molecule has 0 N–H and O–H groups in total. The van der Waals surface area contributed by atoms with Crippen molar-refractivity contribution in [1.82, 2.24) is 0 Å². The minimum atomic E-state index is 0.121. The van der Waals surface area contributed by atoms with E-state index in [0.29, 0.717) is 0 Å². The van der Waals surface area contributed by atoms with Crippen molar-refractivity contribution in [3.63, 3.8) is 0 Å². The second-order valence-corrected chi connectivity index (χ2v) is 6.58. The van der Waals surface area contributed by atoms with E-state index in [0.717, 1.165) is 32.9 Å². The summed E-state index contributed by atoms with van der Waals surface area (Å²) in [6, 6.07) is 18.2. The average Bonchev–Trinajstić information content (AvgIpc) is 2.93. The van der Waals surface area contributed by atoms with Gasteiger partial charge >= 0.3 is 0 Å². The van der Waals surface area contributed by atoms with Gasteiger partial charge in [0, 0.05) is 14.7 Å². The summed E-state index contributed by atoms with van der Waals surface area (Å²) >= 11 is 2.23. The third-order valence-electron chi connectivity index (χ3n) is 4.24. The summed E-state index contributed by atoms with van der Waals surface area (Å²) in [4.78, 5) is 12.9. The zero-order valence-electron chi connectivity index (χ0n) is 11.4. The molecule has 1 aliphatic carbocycles. The maximum Gasteiger partial charge on any atom is 0.194 e. The molecule has 3 aromatic carbocycles. The van der Waals surface area contributed by atoms with Gasteiger partial charge in [0.15, 0.2) is 5.78 Å². The normalized spacial score (nSPS) is 12.8. The zero-order valence-corrected chi connectivity index (χ0v) is 13.6. The molecular weight excluding hydrogens is 371 g/mol. The maximum absolute atomic E-state index is 12.9. The van der Waals surface area contributed by atoms with E-state index < -0.39 is 0 Å². The SMILES string of the molecule is O=C(c1ccccc1I)c1ccc2c3c(cccc13)CC2. The molecular formula is C19H13IO. The van der Waals surface area contributed by atoms with Gasteiger partial charge in [-0.25, -0.2) is 0 Å². The highest BCUT2D eigenvalue weighted by atomic mass is 127. The Morgan fingerprint density at radius 1 is 0.810 bits per heavy atom. The summed E-state index contributed by atoms with van der Waals surface area (Å²) in [5, 5.41) is 2.40.